The van der Waals surface area contributed by atoms with E-state index in [0.29, 0.717) is 5.92 Å². The van der Waals surface area contributed by atoms with Crippen LogP contribution >= 0.6 is 11.3 Å². The highest BCUT2D eigenvalue weighted by molar-refractivity contribution is 7.91. The number of ether oxygens (including phenoxy) is 1. The molecule has 0 aliphatic rings. The molecule has 0 aliphatic heterocycles. The summed E-state index contributed by atoms with van der Waals surface area (Å²) in [7, 11) is -3.64. The molecule has 2 aromatic rings. The molecule has 1 aromatic heterocycles. The van der Waals surface area contributed by atoms with E-state index < -0.39 is 15.4 Å². The molecule has 0 fully saturated rings. The van der Waals surface area contributed by atoms with Gasteiger partial charge >= 0.3 is 0 Å². The Hall–Kier alpha value is -1.70. The number of Topliss-reactive ketones (excluding diaryl/α,β-unsaturated/α-hetero) is 1. The molecule has 1 heterocycles. The summed E-state index contributed by atoms with van der Waals surface area (Å²) < 4.78 is 29.2. The third kappa shape index (κ3) is 6.65. The van der Waals surface area contributed by atoms with Gasteiger partial charge in [-0.05, 0) is 67.9 Å². The van der Waals surface area contributed by atoms with Crippen LogP contribution < -0.4 is 9.88 Å². The number of rotatable bonds is 9. The van der Waals surface area contributed by atoms with Crippen molar-refractivity contribution in [3.8, 4) is 5.75 Å². The van der Waals surface area contributed by atoms with Crippen LogP contribution in [0.5, 0.6) is 5.75 Å². The monoisotopic (exact) mass is 451 g/mol. The first-order valence-corrected chi connectivity index (χ1v) is 12.5. The van der Waals surface area contributed by atoms with Gasteiger partial charge in [0.05, 0.1) is 0 Å². The molecule has 7 heteroatoms. The van der Waals surface area contributed by atoms with Crippen molar-refractivity contribution in [1.29, 1.82) is 0 Å². The van der Waals surface area contributed by atoms with E-state index in [2.05, 4.69) is 19.1 Å². The summed E-state index contributed by atoms with van der Waals surface area (Å²) in [4.78, 5) is 13.1. The molecule has 0 saturated heterocycles. The summed E-state index contributed by atoms with van der Waals surface area (Å²) in [6.07, 6.45) is 2.78. The van der Waals surface area contributed by atoms with Crippen LogP contribution in [0.4, 0.5) is 0 Å². The van der Waals surface area contributed by atoms with Gasteiger partial charge in [0.1, 0.15) is 16.6 Å². The van der Waals surface area contributed by atoms with E-state index in [0.717, 1.165) is 41.0 Å². The Bertz CT molecular complexity index is 1000. The summed E-state index contributed by atoms with van der Waals surface area (Å²) in [5.41, 5.74) is 2.57. The van der Waals surface area contributed by atoms with E-state index in [9.17, 15) is 13.2 Å². The number of hydrogen-bond donors (Lipinski definition) is 1. The first-order valence-electron chi connectivity index (χ1n) is 10.2. The topological polar surface area (TPSA) is 86.5 Å². The Balaban J connectivity index is 1.92. The minimum absolute atomic E-state index is 0.0775. The molecular formula is C23H33NO4S2. The second kappa shape index (κ2) is 9.62. The maximum Gasteiger partial charge on any atom is 0.247 e. The number of hydrogen-bond acceptors (Lipinski definition) is 5. The van der Waals surface area contributed by atoms with Crippen molar-refractivity contribution < 1.29 is 17.9 Å². The summed E-state index contributed by atoms with van der Waals surface area (Å²) >= 11 is 1.27. The summed E-state index contributed by atoms with van der Waals surface area (Å²) in [6, 6.07) is 8.04. The molecule has 2 rings (SSSR count). The molecule has 1 unspecified atom stereocenters. The second-order valence-corrected chi connectivity index (χ2v) is 11.9. The lowest BCUT2D eigenvalue weighted by Gasteiger charge is -2.18. The van der Waals surface area contributed by atoms with Crippen LogP contribution in [0.15, 0.2) is 28.5 Å². The van der Waals surface area contributed by atoms with Crippen molar-refractivity contribution in [3.63, 3.8) is 0 Å². The van der Waals surface area contributed by atoms with Crippen molar-refractivity contribution in [2.24, 2.45) is 10.6 Å². The van der Waals surface area contributed by atoms with Gasteiger partial charge in [-0.3, -0.25) is 4.79 Å². The van der Waals surface area contributed by atoms with Crippen LogP contribution in [0, 0.1) is 19.3 Å². The van der Waals surface area contributed by atoms with Gasteiger partial charge in [0.25, 0.3) is 0 Å². The number of thiophene rings is 1. The lowest BCUT2D eigenvalue weighted by atomic mass is 9.91. The largest absolute Gasteiger partial charge is 0.486 e. The van der Waals surface area contributed by atoms with Crippen molar-refractivity contribution in [2.75, 3.05) is 6.61 Å². The molecule has 166 valence electrons. The van der Waals surface area contributed by atoms with Crippen molar-refractivity contribution >= 4 is 27.1 Å². The molecule has 30 heavy (non-hydrogen) atoms. The summed E-state index contributed by atoms with van der Waals surface area (Å²) in [5, 5.41) is 5.26. The van der Waals surface area contributed by atoms with Gasteiger partial charge in [-0.1, -0.05) is 39.8 Å². The van der Waals surface area contributed by atoms with Gasteiger partial charge in [0, 0.05) is 10.3 Å². The van der Waals surface area contributed by atoms with E-state index in [-0.39, 0.29) is 16.6 Å². The Morgan fingerprint density at radius 2 is 1.83 bits per heavy atom. The molecule has 0 radical (unpaired) electrons. The zero-order valence-electron chi connectivity index (χ0n) is 18.7. The van der Waals surface area contributed by atoms with Gasteiger partial charge in [-0.25, -0.2) is 13.6 Å². The van der Waals surface area contributed by atoms with Gasteiger partial charge in [0.15, 0.2) is 5.78 Å². The van der Waals surface area contributed by atoms with E-state index in [1.54, 1.807) is 6.92 Å². The molecule has 2 N–H and O–H groups in total. The zero-order chi connectivity index (χ0) is 22.7. The van der Waals surface area contributed by atoms with E-state index in [1.165, 1.54) is 16.9 Å². The highest BCUT2D eigenvalue weighted by atomic mass is 32.2. The van der Waals surface area contributed by atoms with Gasteiger partial charge in [-0.2, -0.15) is 0 Å². The fraction of sp³-hybridized carbons (Fsp3) is 0.522. The molecule has 0 bridgehead atoms. The fourth-order valence-electron chi connectivity index (χ4n) is 3.19. The average Bonchev–Trinajstić information content (AvgIpc) is 3.00. The Labute approximate surface area is 184 Å². The number of ketones is 1. The second-order valence-electron chi connectivity index (χ2n) is 9.01. The maximum absolute atomic E-state index is 12.1. The SMILES string of the molecule is Cc1cc(C(C)CCCc2cc(C)c(S(N)(=O)=O)s2)ccc1OCC(=O)C(C)(C)C. The molecule has 0 spiro atoms. The third-order valence-corrected chi connectivity index (χ3v) is 8.08. The number of nitrogens with two attached hydrogens (primary N) is 1. The van der Waals surface area contributed by atoms with Crippen molar-refractivity contribution in [2.45, 2.75) is 70.9 Å². The van der Waals surface area contributed by atoms with E-state index in [4.69, 9.17) is 9.88 Å². The van der Waals surface area contributed by atoms with Crippen LogP contribution in [0.3, 0.4) is 0 Å². The van der Waals surface area contributed by atoms with Crippen LogP contribution in [-0.2, 0) is 21.2 Å². The molecule has 1 aromatic carbocycles. The highest BCUT2D eigenvalue weighted by Gasteiger charge is 2.22. The van der Waals surface area contributed by atoms with Crippen LogP contribution in [-0.4, -0.2) is 20.8 Å². The third-order valence-electron chi connectivity index (χ3n) is 5.21. The highest BCUT2D eigenvalue weighted by Crippen LogP contribution is 2.30. The van der Waals surface area contributed by atoms with Gasteiger partial charge in [0.2, 0.25) is 10.0 Å². The van der Waals surface area contributed by atoms with Crippen LogP contribution in [0.1, 0.15) is 68.0 Å². The lowest BCUT2D eigenvalue weighted by molar-refractivity contribution is -0.128. The quantitative estimate of drug-likeness (QED) is 0.572. The van der Waals surface area contributed by atoms with Gasteiger partial charge < -0.3 is 4.74 Å². The Kier molecular flexibility index (Phi) is 7.88. The first kappa shape index (κ1) is 24.6. The van der Waals surface area contributed by atoms with Crippen molar-refractivity contribution in [3.05, 3.63) is 45.8 Å². The number of sulfonamides is 1. The normalized spacial score (nSPS) is 13.3. The predicted octanol–water partition coefficient (Wildman–Crippen LogP) is 5.13. The molecule has 0 amide bonds. The summed E-state index contributed by atoms with van der Waals surface area (Å²) in [5.74, 6) is 1.19. The van der Waals surface area contributed by atoms with Gasteiger partial charge in [-0.15, -0.1) is 11.3 Å². The van der Waals surface area contributed by atoms with E-state index in [1.807, 2.05) is 39.8 Å². The lowest BCUT2D eigenvalue weighted by Crippen LogP contribution is -2.26. The molecular weight excluding hydrogens is 418 g/mol. The Morgan fingerprint density at radius 1 is 1.17 bits per heavy atom. The molecule has 1 atom stereocenters. The molecule has 5 nitrogen and oxygen atoms in total. The van der Waals surface area contributed by atoms with Crippen LogP contribution in [0.2, 0.25) is 0 Å². The Morgan fingerprint density at radius 3 is 2.37 bits per heavy atom. The maximum atomic E-state index is 12.1. The molecule has 0 saturated carbocycles. The number of carbonyl (C=O) groups excluding carboxylic acids is 1. The smallest absolute Gasteiger partial charge is 0.247 e. The average molecular weight is 452 g/mol. The fourth-order valence-corrected chi connectivity index (χ4v) is 5.42. The van der Waals surface area contributed by atoms with Crippen molar-refractivity contribution in [1.82, 2.24) is 0 Å². The standard InChI is InChI=1S/C23H33NO4S2/c1-15(8-7-9-19-13-17(3)22(29-19)30(24,26)27)18-10-11-20(16(2)12-18)28-14-21(25)23(4,5)6/h10-13,15H,7-9,14H2,1-6H3,(H2,24,26,27). The molecule has 0 aliphatic carbocycles. The first-order chi connectivity index (χ1) is 13.8. The summed E-state index contributed by atoms with van der Waals surface area (Å²) in [6.45, 7) is 11.7. The number of primary sulfonamides is 1. The number of benzene rings is 1. The number of carbonyl (C=O) groups is 1. The van der Waals surface area contributed by atoms with E-state index >= 15 is 0 Å². The predicted molar refractivity (Wildman–Crippen MR) is 123 cm³/mol. The number of aryl methyl sites for hydroxylation is 3. The minimum atomic E-state index is -3.64. The minimum Gasteiger partial charge on any atom is -0.486 e. The zero-order valence-corrected chi connectivity index (χ0v) is 20.4. The van der Waals surface area contributed by atoms with Crippen LogP contribution in [0.25, 0.3) is 0 Å².